The van der Waals surface area contributed by atoms with Gasteiger partial charge in [-0.05, 0) is 18.5 Å². The largest absolute Gasteiger partial charge is 0.353 e. The topological polar surface area (TPSA) is 45.2 Å². The van der Waals surface area contributed by atoms with Crippen molar-refractivity contribution >= 4 is 33.9 Å². The molecule has 0 radical (unpaired) electrons. The number of thiazole rings is 1. The van der Waals surface area contributed by atoms with Gasteiger partial charge in [0.25, 0.3) is 0 Å². The summed E-state index contributed by atoms with van der Waals surface area (Å²) < 4.78 is 0. The molecule has 1 fully saturated rings. The fraction of sp³-hybridized carbons (Fsp3) is 0.417. The van der Waals surface area contributed by atoms with Crippen molar-refractivity contribution in [3.8, 4) is 0 Å². The summed E-state index contributed by atoms with van der Waals surface area (Å²) in [5.41, 5.74) is 0.900. The Balaban J connectivity index is 1.70. The number of aromatic nitrogens is 3. The first-order chi connectivity index (χ1) is 9.22. The minimum absolute atomic E-state index is 0.317. The molecule has 0 aliphatic carbocycles. The summed E-state index contributed by atoms with van der Waals surface area (Å²) in [6.45, 7) is 5.68. The number of piperazine rings is 1. The lowest BCUT2D eigenvalue weighted by atomic mass is 10.3. The van der Waals surface area contributed by atoms with Crippen LogP contribution >= 0.6 is 22.9 Å². The van der Waals surface area contributed by atoms with Crippen LogP contribution in [-0.2, 0) is 0 Å². The summed E-state index contributed by atoms with van der Waals surface area (Å²) in [6, 6.07) is 1.98. The maximum Gasteiger partial charge on any atom is 0.224 e. The lowest BCUT2D eigenvalue weighted by Gasteiger charge is -2.35. The molecular formula is C12H14ClN5S. The Morgan fingerprint density at radius 3 is 2.53 bits per heavy atom. The molecule has 7 heteroatoms. The standard InChI is InChI=1S/C12H14ClN5S/c1-9-8-10(16-11(13)15-9)17-3-5-18(6-4-17)12-14-2-7-19-12/h2,7-8H,3-6H2,1H3. The fourth-order valence-electron chi connectivity index (χ4n) is 2.18. The molecule has 19 heavy (non-hydrogen) atoms. The van der Waals surface area contributed by atoms with E-state index in [-0.39, 0.29) is 0 Å². The van der Waals surface area contributed by atoms with Crippen molar-refractivity contribution in [3.63, 3.8) is 0 Å². The molecule has 0 N–H and O–H groups in total. The van der Waals surface area contributed by atoms with Crippen LogP contribution in [0.1, 0.15) is 5.69 Å². The van der Waals surface area contributed by atoms with E-state index in [0.29, 0.717) is 5.28 Å². The first-order valence-electron chi connectivity index (χ1n) is 6.13. The van der Waals surface area contributed by atoms with Gasteiger partial charge in [0.2, 0.25) is 5.28 Å². The SMILES string of the molecule is Cc1cc(N2CCN(c3nccs3)CC2)nc(Cl)n1. The molecule has 100 valence electrons. The second-order valence-corrected chi connectivity index (χ2v) is 5.64. The van der Waals surface area contributed by atoms with Gasteiger partial charge in [-0.25, -0.2) is 15.0 Å². The highest BCUT2D eigenvalue weighted by atomic mass is 35.5. The summed E-state index contributed by atoms with van der Waals surface area (Å²) in [4.78, 5) is 17.3. The van der Waals surface area contributed by atoms with Gasteiger partial charge in [0, 0.05) is 49.5 Å². The summed E-state index contributed by atoms with van der Waals surface area (Å²) in [6.07, 6.45) is 1.85. The van der Waals surface area contributed by atoms with Crippen LogP contribution < -0.4 is 9.80 Å². The third-order valence-corrected chi connectivity index (χ3v) is 4.11. The number of nitrogens with zero attached hydrogens (tertiary/aromatic N) is 5. The minimum atomic E-state index is 0.317. The van der Waals surface area contributed by atoms with Crippen LogP contribution in [0, 0.1) is 6.92 Å². The molecule has 5 nitrogen and oxygen atoms in total. The maximum absolute atomic E-state index is 5.91. The average molecular weight is 296 g/mol. The molecule has 2 aromatic heterocycles. The van der Waals surface area contributed by atoms with Crippen molar-refractivity contribution in [2.75, 3.05) is 36.0 Å². The second kappa shape index (κ2) is 5.30. The zero-order valence-electron chi connectivity index (χ0n) is 10.6. The van der Waals surface area contributed by atoms with E-state index in [0.717, 1.165) is 42.8 Å². The van der Waals surface area contributed by atoms with Crippen LogP contribution in [0.15, 0.2) is 17.6 Å². The van der Waals surface area contributed by atoms with Crippen LogP contribution in [0.5, 0.6) is 0 Å². The van der Waals surface area contributed by atoms with Gasteiger partial charge in [0.1, 0.15) is 5.82 Å². The number of rotatable bonds is 2. The molecule has 0 spiro atoms. The van der Waals surface area contributed by atoms with E-state index in [1.807, 2.05) is 24.6 Å². The zero-order valence-corrected chi connectivity index (χ0v) is 12.2. The van der Waals surface area contributed by atoms with Crippen LogP contribution in [0.25, 0.3) is 0 Å². The maximum atomic E-state index is 5.91. The van der Waals surface area contributed by atoms with Crippen molar-refractivity contribution in [3.05, 3.63) is 28.6 Å². The van der Waals surface area contributed by atoms with Gasteiger partial charge in [0.15, 0.2) is 5.13 Å². The summed E-state index contributed by atoms with van der Waals surface area (Å²) >= 11 is 7.59. The van der Waals surface area contributed by atoms with Gasteiger partial charge in [-0.3, -0.25) is 0 Å². The molecule has 0 saturated carbocycles. The predicted octanol–water partition coefficient (Wildman–Crippen LogP) is 2.22. The molecular weight excluding hydrogens is 282 g/mol. The van der Waals surface area contributed by atoms with Crippen molar-refractivity contribution in [1.29, 1.82) is 0 Å². The molecule has 0 atom stereocenters. The molecule has 0 unspecified atom stereocenters. The van der Waals surface area contributed by atoms with Crippen molar-refractivity contribution in [2.24, 2.45) is 0 Å². The highest BCUT2D eigenvalue weighted by Gasteiger charge is 2.20. The predicted molar refractivity (Wildman–Crippen MR) is 78.3 cm³/mol. The zero-order chi connectivity index (χ0) is 13.2. The molecule has 0 amide bonds. The number of hydrogen-bond acceptors (Lipinski definition) is 6. The Bertz CT molecular complexity index is 531. The molecule has 0 aromatic carbocycles. The molecule has 3 heterocycles. The first kappa shape index (κ1) is 12.6. The lowest BCUT2D eigenvalue weighted by Crippen LogP contribution is -2.46. The Morgan fingerprint density at radius 2 is 1.89 bits per heavy atom. The fourth-order valence-corrected chi connectivity index (χ4v) is 3.09. The highest BCUT2D eigenvalue weighted by Crippen LogP contribution is 2.21. The van der Waals surface area contributed by atoms with Gasteiger partial charge in [0.05, 0.1) is 0 Å². The Kier molecular flexibility index (Phi) is 3.52. The van der Waals surface area contributed by atoms with Gasteiger partial charge >= 0.3 is 0 Å². The van der Waals surface area contributed by atoms with E-state index in [1.165, 1.54) is 0 Å². The molecule has 1 aliphatic rings. The van der Waals surface area contributed by atoms with Crippen LogP contribution in [0.2, 0.25) is 5.28 Å². The van der Waals surface area contributed by atoms with Crippen molar-refractivity contribution in [2.45, 2.75) is 6.92 Å². The molecule has 2 aromatic rings. The normalized spacial score (nSPS) is 15.9. The molecule has 3 rings (SSSR count). The van der Waals surface area contributed by atoms with Crippen LogP contribution in [0.4, 0.5) is 10.9 Å². The molecule has 1 aliphatic heterocycles. The van der Waals surface area contributed by atoms with Crippen molar-refractivity contribution < 1.29 is 0 Å². The quantitative estimate of drug-likeness (QED) is 0.795. The first-order valence-corrected chi connectivity index (χ1v) is 7.39. The Labute approximate surface area is 120 Å². The average Bonchev–Trinajstić information content (AvgIpc) is 2.91. The van der Waals surface area contributed by atoms with Gasteiger partial charge in [-0.15, -0.1) is 11.3 Å². The summed E-state index contributed by atoms with van der Waals surface area (Å²) in [5, 5.41) is 3.42. The summed E-state index contributed by atoms with van der Waals surface area (Å²) in [5.74, 6) is 0.913. The van der Waals surface area contributed by atoms with Crippen LogP contribution in [0.3, 0.4) is 0 Å². The van der Waals surface area contributed by atoms with E-state index >= 15 is 0 Å². The van der Waals surface area contributed by atoms with E-state index in [9.17, 15) is 0 Å². The number of anilines is 2. The second-order valence-electron chi connectivity index (χ2n) is 4.43. The third-order valence-electron chi connectivity index (χ3n) is 3.11. The molecule has 0 bridgehead atoms. The monoisotopic (exact) mass is 295 g/mol. The Hall–Kier alpha value is -1.40. The highest BCUT2D eigenvalue weighted by molar-refractivity contribution is 7.13. The smallest absolute Gasteiger partial charge is 0.224 e. The van der Waals surface area contributed by atoms with Gasteiger partial charge in [-0.1, -0.05) is 0 Å². The minimum Gasteiger partial charge on any atom is -0.353 e. The number of halogens is 1. The van der Waals surface area contributed by atoms with E-state index < -0.39 is 0 Å². The lowest BCUT2D eigenvalue weighted by molar-refractivity contribution is 0.645. The van der Waals surface area contributed by atoms with Gasteiger partial charge in [-0.2, -0.15) is 0 Å². The molecule has 1 saturated heterocycles. The van der Waals surface area contributed by atoms with E-state index in [4.69, 9.17) is 11.6 Å². The number of aryl methyl sites for hydroxylation is 1. The third kappa shape index (κ3) is 2.79. The Morgan fingerprint density at radius 1 is 1.16 bits per heavy atom. The van der Waals surface area contributed by atoms with Gasteiger partial charge < -0.3 is 9.80 Å². The summed E-state index contributed by atoms with van der Waals surface area (Å²) in [7, 11) is 0. The van der Waals surface area contributed by atoms with Crippen LogP contribution in [-0.4, -0.2) is 41.1 Å². The van der Waals surface area contributed by atoms with E-state index in [2.05, 4.69) is 24.8 Å². The van der Waals surface area contributed by atoms with Crippen molar-refractivity contribution in [1.82, 2.24) is 15.0 Å². The number of hydrogen-bond donors (Lipinski definition) is 0. The van der Waals surface area contributed by atoms with E-state index in [1.54, 1.807) is 11.3 Å².